The fraction of sp³-hybridized carbons (Fsp3) is 0.368. The average molecular weight is 400 g/mol. The highest BCUT2D eigenvalue weighted by Gasteiger charge is 2.44. The van der Waals surface area contributed by atoms with E-state index in [0.717, 1.165) is 12.1 Å². The van der Waals surface area contributed by atoms with Gasteiger partial charge in [0, 0.05) is 0 Å². The molecule has 0 radical (unpaired) electrons. The Kier molecular flexibility index (Phi) is 5.33. The van der Waals surface area contributed by atoms with Crippen LogP contribution in [0.2, 0.25) is 0 Å². The van der Waals surface area contributed by atoms with Gasteiger partial charge >= 0.3 is 6.18 Å². The largest absolute Gasteiger partial charge is 0.416 e. The van der Waals surface area contributed by atoms with Crippen LogP contribution in [0.3, 0.4) is 0 Å². The van der Waals surface area contributed by atoms with Gasteiger partial charge in [0.1, 0.15) is 11.7 Å². The Labute approximate surface area is 155 Å². The quantitative estimate of drug-likeness (QED) is 0.780. The van der Waals surface area contributed by atoms with Crippen molar-refractivity contribution in [2.75, 3.05) is 0 Å². The molecule has 0 unspecified atom stereocenters. The number of halogens is 3. The molecule has 0 bridgehead atoms. The molecule has 1 aliphatic rings. The monoisotopic (exact) mass is 400 g/mol. The van der Waals surface area contributed by atoms with E-state index in [-0.39, 0.29) is 4.90 Å². The molecule has 4 nitrogen and oxygen atoms in total. The van der Waals surface area contributed by atoms with Gasteiger partial charge in [-0.05, 0) is 42.7 Å². The Bertz CT molecular complexity index is 879. The summed E-state index contributed by atoms with van der Waals surface area (Å²) in [7, 11) is -4.33. The molecule has 0 spiro atoms. The van der Waals surface area contributed by atoms with Crippen molar-refractivity contribution in [3.8, 4) is 0 Å². The molecular formula is C19H19F3O4S. The van der Waals surface area contributed by atoms with Crippen molar-refractivity contribution in [3.63, 3.8) is 0 Å². The summed E-state index contributed by atoms with van der Waals surface area (Å²) < 4.78 is 68.4. The third-order valence-corrected chi connectivity index (χ3v) is 6.13. The van der Waals surface area contributed by atoms with Crippen molar-refractivity contribution in [3.05, 3.63) is 65.7 Å². The molecule has 8 heteroatoms. The van der Waals surface area contributed by atoms with Gasteiger partial charge in [0.25, 0.3) is 10.1 Å². The van der Waals surface area contributed by atoms with Gasteiger partial charge in [-0.25, -0.2) is 0 Å². The molecule has 0 saturated heterocycles. The highest BCUT2D eigenvalue weighted by atomic mass is 32.2. The van der Waals surface area contributed by atoms with Gasteiger partial charge in [-0.15, -0.1) is 0 Å². The highest BCUT2D eigenvalue weighted by molar-refractivity contribution is 7.86. The molecule has 146 valence electrons. The predicted octanol–water partition coefficient (Wildman–Crippen LogP) is 4.24. The van der Waals surface area contributed by atoms with Gasteiger partial charge in [0.15, 0.2) is 0 Å². The molecule has 0 aromatic heterocycles. The Morgan fingerprint density at radius 3 is 2.22 bits per heavy atom. The van der Waals surface area contributed by atoms with E-state index in [9.17, 15) is 26.7 Å². The molecule has 1 fully saturated rings. The van der Waals surface area contributed by atoms with E-state index in [1.54, 1.807) is 30.3 Å². The second-order valence-corrected chi connectivity index (χ2v) is 8.17. The lowest BCUT2D eigenvalue weighted by atomic mass is 9.77. The van der Waals surface area contributed by atoms with Gasteiger partial charge in [0.05, 0.1) is 10.5 Å². The van der Waals surface area contributed by atoms with E-state index in [1.165, 1.54) is 0 Å². The molecule has 2 aromatic carbocycles. The lowest BCUT2D eigenvalue weighted by molar-refractivity contribution is -0.137. The predicted molar refractivity (Wildman–Crippen MR) is 92.3 cm³/mol. The van der Waals surface area contributed by atoms with Crippen molar-refractivity contribution in [2.24, 2.45) is 0 Å². The number of hydrogen-bond acceptors (Lipinski definition) is 4. The maximum absolute atomic E-state index is 12.7. The third kappa shape index (κ3) is 4.17. The SMILES string of the molecule is O=S(=O)(O[C@H]1CCCC[C@]1(O)c1ccccc1)c1ccc(C(F)(F)F)cc1. The zero-order valence-corrected chi connectivity index (χ0v) is 15.1. The maximum atomic E-state index is 12.7. The van der Waals surface area contributed by atoms with Gasteiger partial charge in [0.2, 0.25) is 0 Å². The zero-order chi connectivity index (χ0) is 19.7. The van der Waals surface area contributed by atoms with Crippen molar-refractivity contribution in [1.29, 1.82) is 0 Å². The van der Waals surface area contributed by atoms with E-state index >= 15 is 0 Å². The van der Waals surface area contributed by atoms with Crippen LogP contribution in [0.1, 0.15) is 36.8 Å². The van der Waals surface area contributed by atoms with Crippen molar-refractivity contribution in [1.82, 2.24) is 0 Å². The van der Waals surface area contributed by atoms with Crippen LogP contribution in [-0.4, -0.2) is 19.6 Å². The molecule has 0 aliphatic heterocycles. The molecule has 0 heterocycles. The summed E-state index contributed by atoms with van der Waals surface area (Å²) in [5.41, 5.74) is -1.87. The van der Waals surface area contributed by atoms with Crippen molar-refractivity contribution >= 4 is 10.1 Å². The van der Waals surface area contributed by atoms with Gasteiger partial charge in [-0.3, -0.25) is 4.18 Å². The van der Waals surface area contributed by atoms with Crippen LogP contribution < -0.4 is 0 Å². The molecule has 3 rings (SSSR count). The summed E-state index contributed by atoms with van der Waals surface area (Å²) >= 11 is 0. The normalized spacial score (nSPS) is 23.9. The van der Waals surface area contributed by atoms with Crippen LogP contribution in [0, 0.1) is 0 Å². The van der Waals surface area contributed by atoms with Crippen molar-refractivity contribution in [2.45, 2.75) is 48.5 Å². The van der Waals surface area contributed by atoms with Crippen LogP contribution in [-0.2, 0) is 26.1 Å². The first kappa shape index (κ1) is 19.9. The zero-order valence-electron chi connectivity index (χ0n) is 14.3. The summed E-state index contributed by atoms with van der Waals surface area (Å²) in [6, 6.07) is 11.8. The third-order valence-electron chi connectivity index (χ3n) is 4.79. The summed E-state index contributed by atoms with van der Waals surface area (Å²) in [5, 5.41) is 11.1. The Hall–Kier alpha value is -1.90. The lowest BCUT2D eigenvalue weighted by Crippen LogP contribution is -2.44. The molecule has 27 heavy (non-hydrogen) atoms. The fourth-order valence-corrected chi connectivity index (χ4v) is 4.47. The average Bonchev–Trinajstić information content (AvgIpc) is 2.64. The summed E-state index contributed by atoms with van der Waals surface area (Å²) in [6.45, 7) is 0. The minimum atomic E-state index is -4.56. The molecule has 1 saturated carbocycles. The molecule has 2 aromatic rings. The fourth-order valence-electron chi connectivity index (χ4n) is 3.33. The second-order valence-electron chi connectivity index (χ2n) is 6.60. The minimum Gasteiger partial charge on any atom is -0.382 e. The number of benzene rings is 2. The smallest absolute Gasteiger partial charge is 0.382 e. The van der Waals surface area contributed by atoms with Crippen LogP contribution in [0.5, 0.6) is 0 Å². The number of rotatable bonds is 4. The first-order valence-electron chi connectivity index (χ1n) is 8.51. The highest BCUT2D eigenvalue weighted by Crippen LogP contribution is 2.40. The van der Waals surface area contributed by atoms with Gasteiger partial charge < -0.3 is 5.11 Å². The summed E-state index contributed by atoms with van der Waals surface area (Å²) in [6.07, 6.45) is -3.51. The van der Waals surface area contributed by atoms with Crippen LogP contribution in [0.15, 0.2) is 59.5 Å². The summed E-state index contributed by atoms with van der Waals surface area (Å²) in [5.74, 6) is 0. The first-order chi connectivity index (χ1) is 12.6. The van der Waals surface area contributed by atoms with Gasteiger partial charge in [-0.2, -0.15) is 21.6 Å². The van der Waals surface area contributed by atoms with Crippen LogP contribution in [0.4, 0.5) is 13.2 Å². The maximum Gasteiger partial charge on any atom is 0.416 e. The minimum absolute atomic E-state index is 0.325. The van der Waals surface area contributed by atoms with E-state index in [4.69, 9.17) is 4.18 Å². The van der Waals surface area contributed by atoms with E-state index in [2.05, 4.69) is 0 Å². The molecular weight excluding hydrogens is 381 g/mol. The lowest BCUT2D eigenvalue weighted by Gasteiger charge is -2.39. The van der Waals surface area contributed by atoms with E-state index < -0.39 is 33.6 Å². The molecule has 1 aliphatic carbocycles. The van der Waals surface area contributed by atoms with Crippen LogP contribution in [0.25, 0.3) is 0 Å². The first-order valence-corrected chi connectivity index (χ1v) is 9.92. The van der Waals surface area contributed by atoms with Crippen LogP contribution >= 0.6 is 0 Å². The van der Waals surface area contributed by atoms with Gasteiger partial charge in [-0.1, -0.05) is 43.2 Å². The Morgan fingerprint density at radius 2 is 1.63 bits per heavy atom. The summed E-state index contributed by atoms with van der Waals surface area (Å²) in [4.78, 5) is -0.378. The molecule has 0 amide bonds. The Morgan fingerprint density at radius 1 is 1.00 bits per heavy atom. The van der Waals surface area contributed by atoms with E-state index in [0.29, 0.717) is 43.4 Å². The Balaban J connectivity index is 1.87. The van der Waals surface area contributed by atoms with Crippen molar-refractivity contribution < 1.29 is 30.9 Å². The number of hydrogen-bond donors (Lipinski definition) is 1. The molecule has 1 N–H and O–H groups in total. The standard InChI is InChI=1S/C19H19F3O4S/c20-19(21,22)15-9-11-16(12-10-15)27(24,25)26-17-8-4-5-13-18(17,23)14-6-2-1-3-7-14/h1-3,6-7,9-12,17,23H,4-5,8,13H2/t17-,18-/m0/s1. The number of aliphatic hydroxyl groups is 1. The topological polar surface area (TPSA) is 63.6 Å². The second kappa shape index (κ2) is 7.26. The van der Waals surface area contributed by atoms with E-state index in [1.807, 2.05) is 0 Å². The molecule has 2 atom stereocenters. The number of alkyl halides is 3.